The summed E-state index contributed by atoms with van der Waals surface area (Å²) in [6, 6.07) is 25.7. The Labute approximate surface area is 269 Å². The number of sulfone groups is 1. The Morgan fingerprint density at radius 3 is 2.20 bits per heavy atom. The fraction of sp³-hybridized carbons (Fsp3) is 0.182. The van der Waals surface area contributed by atoms with Crippen LogP contribution in [0.25, 0.3) is 0 Å². The van der Waals surface area contributed by atoms with Crippen molar-refractivity contribution < 1.29 is 37.8 Å². The SMILES string of the molecule is CC1(/C=N/Oc2ccc(Nc3ccc(O)c(O)c3Cl)cc2)C(C(=O)OC(c2ccccc2)c2ccccc2)N2C(=O)CC2S1(=O)=O. The number of hydrogen-bond acceptors (Lipinski definition) is 10. The largest absolute Gasteiger partial charge is 0.504 e. The molecule has 0 saturated carbocycles. The molecule has 0 bridgehead atoms. The summed E-state index contributed by atoms with van der Waals surface area (Å²) in [5.74, 6) is -1.94. The van der Waals surface area contributed by atoms with Gasteiger partial charge in [0.1, 0.15) is 15.1 Å². The third kappa shape index (κ3) is 5.39. The van der Waals surface area contributed by atoms with Crippen LogP contribution in [0.3, 0.4) is 0 Å². The number of anilines is 2. The highest BCUT2D eigenvalue weighted by molar-refractivity contribution is 7.94. The van der Waals surface area contributed by atoms with Gasteiger partial charge in [-0.25, -0.2) is 13.2 Å². The van der Waals surface area contributed by atoms with Gasteiger partial charge in [0.25, 0.3) is 0 Å². The standard InChI is InChI=1S/C33H28ClN3O8S/c1-33(19-35-45-23-14-12-22(13-15-23)36-24-16-17-25(38)29(40)28(24)34)31(37-26(39)18-27(37)46(33,42)43)32(41)44-30(20-8-4-2-5-9-20)21-10-6-3-7-11-21/h2-17,19,27,30-31,36,38,40H,18H2,1H3/b35-19+. The van der Waals surface area contributed by atoms with Gasteiger partial charge in [0, 0.05) is 5.69 Å². The van der Waals surface area contributed by atoms with E-state index in [9.17, 15) is 28.2 Å². The zero-order valence-electron chi connectivity index (χ0n) is 24.3. The van der Waals surface area contributed by atoms with Crippen LogP contribution in [-0.4, -0.2) is 57.8 Å². The summed E-state index contributed by atoms with van der Waals surface area (Å²) >= 11 is 6.08. The molecule has 0 aliphatic carbocycles. The van der Waals surface area contributed by atoms with Crippen LogP contribution in [-0.2, 0) is 24.2 Å². The molecular formula is C33H28ClN3O8S. The van der Waals surface area contributed by atoms with Crippen molar-refractivity contribution in [1.29, 1.82) is 0 Å². The van der Waals surface area contributed by atoms with E-state index in [0.29, 0.717) is 22.5 Å². The van der Waals surface area contributed by atoms with Gasteiger partial charge in [-0.15, -0.1) is 0 Å². The van der Waals surface area contributed by atoms with E-state index in [1.54, 1.807) is 72.8 Å². The second-order valence-corrected chi connectivity index (χ2v) is 13.9. The van der Waals surface area contributed by atoms with E-state index >= 15 is 0 Å². The minimum Gasteiger partial charge on any atom is -0.504 e. The number of carbonyl (C=O) groups excluding carboxylic acids is 2. The van der Waals surface area contributed by atoms with Gasteiger partial charge < -0.3 is 30.0 Å². The molecule has 4 aromatic rings. The summed E-state index contributed by atoms with van der Waals surface area (Å²) in [7, 11) is -4.11. The first-order chi connectivity index (χ1) is 22.0. The van der Waals surface area contributed by atoms with Gasteiger partial charge in [0.2, 0.25) is 5.91 Å². The summed E-state index contributed by atoms with van der Waals surface area (Å²) in [5, 5.41) is 25.1. The minimum absolute atomic E-state index is 0.0638. The lowest BCUT2D eigenvalue weighted by Crippen LogP contribution is -2.58. The van der Waals surface area contributed by atoms with Crippen molar-refractivity contribution in [3.63, 3.8) is 0 Å². The zero-order chi connectivity index (χ0) is 32.6. The quantitative estimate of drug-likeness (QED) is 0.0541. The molecule has 2 fully saturated rings. The van der Waals surface area contributed by atoms with Crippen LogP contribution in [0.5, 0.6) is 17.2 Å². The van der Waals surface area contributed by atoms with E-state index in [2.05, 4.69) is 10.5 Å². The average Bonchev–Trinajstić information content (AvgIpc) is 3.20. The van der Waals surface area contributed by atoms with Crippen LogP contribution in [0.2, 0.25) is 5.02 Å². The fourth-order valence-electron chi connectivity index (χ4n) is 5.55. The molecule has 2 aliphatic rings. The lowest BCUT2D eigenvalue weighted by atomic mass is 9.96. The number of halogens is 1. The number of hydrogen-bond donors (Lipinski definition) is 3. The lowest BCUT2D eigenvalue weighted by molar-refractivity contribution is -0.163. The Balaban J connectivity index is 1.23. The van der Waals surface area contributed by atoms with Gasteiger partial charge in [-0.2, -0.15) is 0 Å². The average molecular weight is 662 g/mol. The molecule has 3 unspecified atom stereocenters. The summed E-state index contributed by atoms with van der Waals surface area (Å²) in [5.41, 5.74) is 2.26. The summed E-state index contributed by atoms with van der Waals surface area (Å²) < 4.78 is 31.4. The highest BCUT2D eigenvalue weighted by atomic mass is 35.5. The van der Waals surface area contributed by atoms with Crippen LogP contribution < -0.4 is 10.2 Å². The number of nitrogens with one attached hydrogen (secondary N) is 1. The van der Waals surface area contributed by atoms with Crippen LogP contribution in [0.1, 0.15) is 30.6 Å². The second-order valence-electron chi connectivity index (χ2n) is 11.0. The lowest BCUT2D eigenvalue weighted by Gasteiger charge is -2.36. The molecule has 2 heterocycles. The van der Waals surface area contributed by atoms with Gasteiger partial charge in [-0.3, -0.25) is 4.79 Å². The highest BCUT2D eigenvalue weighted by Gasteiger charge is 2.70. The first-order valence-electron chi connectivity index (χ1n) is 14.2. The van der Waals surface area contributed by atoms with Gasteiger partial charge in [-0.1, -0.05) is 77.4 Å². The molecule has 236 valence electrons. The van der Waals surface area contributed by atoms with Crippen molar-refractivity contribution in [2.45, 2.75) is 35.6 Å². The molecule has 11 nitrogen and oxygen atoms in total. The molecular weight excluding hydrogens is 634 g/mol. The number of β-lactam (4-membered cyclic amide) rings is 1. The normalized spacial score (nSPS) is 21.5. The van der Waals surface area contributed by atoms with E-state index in [-0.39, 0.29) is 22.9 Å². The Morgan fingerprint density at radius 2 is 1.61 bits per heavy atom. The molecule has 3 N–H and O–H groups in total. The molecule has 3 atom stereocenters. The highest BCUT2D eigenvalue weighted by Crippen LogP contribution is 2.46. The van der Waals surface area contributed by atoms with Crippen LogP contribution in [0.15, 0.2) is 102 Å². The Hall–Kier alpha value is -5.07. The number of fused-ring (bicyclic) bond motifs is 1. The topological polar surface area (TPSA) is 155 Å². The number of phenols is 2. The van der Waals surface area contributed by atoms with Gasteiger partial charge in [-0.05, 0) is 54.4 Å². The van der Waals surface area contributed by atoms with Gasteiger partial charge in [0.05, 0.1) is 18.3 Å². The van der Waals surface area contributed by atoms with Crippen molar-refractivity contribution in [3.8, 4) is 17.2 Å². The number of amides is 1. The number of esters is 1. The predicted octanol–water partition coefficient (Wildman–Crippen LogP) is 5.31. The molecule has 0 spiro atoms. The van der Waals surface area contributed by atoms with E-state index in [4.69, 9.17) is 21.2 Å². The van der Waals surface area contributed by atoms with Gasteiger partial charge in [0.15, 0.2) is 39.2 Å². The monoisotopic (exact) mass is 661 g/mol. The number of aromatic hydroxyl groups is 2. The van der Waals surface area contributed by atoms with Crippen LogP contribution in [0, 0.1) is 0 Å². The number of oxime groups is 1. The smallest absolute Gasteiger partial charge is 0.331 e. The maximum atomic E-state index is 13.9. The number of rotatable bonds is 9. The summed E-state index contributed by atoms with van der Waals surface area (Å²) in [6.45, 7) is 1.33. The second kappa shape index (κ2) is 12.0. The Bertz CT molecular complexity index is 1880. The molecule has 6 rings (SSSR count). The predicted molar refractivity (Wildman–Crippen MR) is 171 cm³/mol. The molecule has 2 aliphatic heterocycles. The summed E-state index contributed by atoms with van der Waals surface area (Å²) in [4.78, 5) is 33.1. The third-order valence-corrected chi connectivity index (χ3v) is 11.1. The number of nitrogens with zero attached hydrogens (tertiary/aromatic N) is 2. The van der Waals surface area contributed by atoms with E-state index < -0.39 is 49.7 Å². The number of carbonyl (C=O) groups is 2. The van der Waals surface area contributed by atoms with Crippen molar-refractivity contribution in [2.24, 2.45) is 5.16 Å². The number of phenolic OH excluding ortho intramolecular Hbond substituents is 2. The van der Waals surface area contributed by atoms with Crippen molar-refractivity contribution in [3.05, 3.63) is 113 Å². The number of benzene rings is 4. The zero-order valence-corrected chi connectivity index (χ0v) is 25.9. The minimum atomic E-state index is -4.11. The first-order valence-corrected chi connectivity index (χ1v) is 16.1. The molecule has 46 heavy (non-hydrogen) atoms. The fourth-order valence-corrected chi connectivity index (χ4v) is 7.95. The van der Waals surface area contributed by atoms with E-state index in [1.165, 1.54) is 19.1 Å². The van der Waals surface area contributed by atoms with E-state index in [1.807, 2.05) is 12.1 Å². The maximum absolute atomic E-state index is 13.9. The van der Waals surface area contributed by atoms with E-state index in [0.717, 1.165) is 11.1 Å². The third-order valence-electron chi connectivity index (χ3n) is 8.10. The van der Waals surface area contributed by atoms with Crippen molar-refractivity contribution in [1.82, 2.24) is 4.90 Å². The Kier molecular flexibility index (Phi) is 8.09. The maximum Gasteiger partial charge on any atom is 0.331 e. The molecule has 0 aromatic heterocycles. The molecule has 4 aromatic carbocycles. The van der Waals surface area contributed by atoms with Crippen LogP contribution in [0.4, 0.5) is 11.4 Å². The van der Waals surface area contributed by atoms with Gasteiger partial charge >= 0.3 is 5.97 Å². The first kappa shape index (κ1) is 30.9. The van der Waals surface area contributed by atoms with Crippen molar-refractivity contribution in [2.75, 3.05) is 5.32 Å². The molecule has 13 heteroatoms. The summed E-state index contributed by atoms with van der Waals surface area (Å²) in [6.07, 6.45) is -0.0578. The molecule has 0 radical (unpaired) electrons. The Morgan fingerprint density at radius 1 is 1.00 bits per heavy atom. The molecule has 1 amide bonds. The molecule has 2 saturated heterocycles. The number of ether oxygens (including phenoxy) is 1. The van der Waals surface area contributed by atoms with Crippen molar-refractivity contribution >= 4 is 50.9 Å². The van der Waals surface area contributed by atoms with Crippen LogP contribution >= 0.6 is 11.6 Å².